The average molecular weight is 245 g/mol. The third-order valence-electron chi connectivity index (χ3n) is 4.54. The van der Waals surface area contributed by atoms with E-state index in [0.29, 0.717) is 5.92 Å². The molecule has 0 radical (unpaired) electrons. The molecule has 0 aromatic heterocycles. The van der Waals surface area contributed by atoms with Crippen LogP contribution in [0, 0.1) is 17.8 Å². The van der Waals surface area contributed by atoms with Gasteiger partial charge in [-0.25, -0.2) is 0 Å². The van der Waals surface area contributed by atoms with Crippen LogP contribution in [-0.4, -0.2) is 5.54 Å². The lowest BCUT2D eigenvalue weighted by molar-refractivity contribution is 0.145. The Morgan fingerprint density at radius 1 is 1.06 bits per heavy atom. The van der Waals surface area contributed by atoms with Crippen molar-refractivity contribution >= 4 is 0 Å². The van der Waals surface area contributed by atoms with Gasteiger partial charge in [-0.1, -0.05) is 44.2 Å². The predicted molar refractivity (Wildman–Crippen MR) is 78.4 cm³/mol. The Kier molecular flexibility index (Phi) is 4.11. The molecule has 0 spiro atoms. The molecule has 1 aliphatic rings. The molecule has 1 nitrogen and oxygen atoms in total. The van der Waals surface area contributed by atoms with Crippen molar-refractivity contribution in [1.29, 1.82) is 0 Å². The van der Waals surface area contributed by atoms with Gasteiger partial charge in [0, 0.05) is 5.54 Å². The minimum absolute atomic E-state index is 0.0652. The van der Waals surface area contributed by atoms with Crippen molar-refractivity contribution in [3.05, 3.63) is 35.9 Å². The molecule has 1 heteroatoms. The first-order chi connectivity index (χ1) is 8.47. The normalized spacial score (nSPS) is 31.9. The van der Waals surface area contributed by atoms with Gasteiger partial charge in [0.05, 0.1) is 0 Å². The van der Waals surface area contributed by atoms with Crippen LogP contribution < -0.4 is 5.73 Å². The van der Waals surface area contributed by atoms with Gasteiger partial charge in [-0.05, 0) is 55.9 Å². The summed E-state index contributed by atoms with van der Waals surface area (Å²) in [6.45, 7) is 7.00. The molecular formula is C17H27N. The molecular weight excluding hydrogens is 218 g/mol. The first kappa shape index (κ1) is 13.6. The topological polar surface area (TPSA) is 26.0 Å². The van der Waals surface area contributed by atoms with Crippen molar-refractivity contribution in [2.75, 3.05) is 0 Å². The quantitative estimate of drug-likeness (QED) is 0.855. The van der Waals surface area contributed by atoms with Gasteiger partial charge >= 0.3 is 0 Å². The van der Waals surface area contributed by atoms with Gasteiger partial charge in [-0.3, -0.25) is 0 Å². The zero-order valence-corrected chi connectivity index (χ0v) is 12.0. The molecule has 1 fully saturated rings. The van der Waals surface area contributed by atoms with Crippen LogP contribution in [0.1, 0.15) is 45.6 Å². The average Bonchev–Trinajstić information content (AvgIpc) is 2.28. The molecule has 0 aliphatic heterocycles. The largest absolute Gasteiger partial charge is 0.325 e. The van der Waals surface area contributed by atoms with Crippen molar-refractivity contribution < 1.29 is 0 Å². The second-order valence-electron chi connectivity index (χ2n) is 6.78. The Morgan fingerprint density at radius 2 is 1.61 bits per heavy atom. The van der Waals surface area contributed by atoms with E-state index in [4.69, 9.17) is 5.73 Å². The Hall–Kier alpha value is -0.820. The van der Waals surface area contributed by atoms with Gasteiger partial charge in [-0.15, -0.1) is 0 Å². The van der Waals surface area contributed by atoms with E-state index in [1.165, 1.54) is 24.8 Å². The van der Waals surface area contributed by atoms with Crippen LogP contribution in [0.15, 0.2) is 30.3 Å². The monoisotopic (exact) mass is 245 g/mol. The van der Waals surface area contributed by atoms with E-state index >= 15 is 0 Å². The van der Waals surface area contributed by atoms with Gasteiger partial charge < -0.3 is 5.73 Å². The lowest BCUT2D eigenvalue weighted by Gasteiger charge is -2.41. The van der Waals surface area contributed by atoms with Gasteiger partial charge in [0.2, 0.25) is 0 Å². The Balaban J connectivity index is 2.05. The Labute approximate surface area is 112 Å². The highest BCUT2D eigenvalue weighted by Crippen LogP contribution is 2.38. The highest BCUT2D eigenvalue weighted by atomic mass is 14.7. The smallest absolute Gasteiger partial charge is 0.0195 e. The molecule has 0 saturated heterocycles. The summed E-state index contributed by atoms with van der Waals surface area (Å²) in [4.78, 5) is 0. The van der Waals surface area contributed by atoms with Gasteiger partial charge in [0.25, 0.3) is 0 Å². The summed E-state index contributed by atoms with van der Waals surface area (Å²) >= 11 is 0. The molecule has 1 aromatic rings. The van der Waals surface area contributed by atoms with Crippen molar-refractivity contribution in [3.8, 4) is 0 Å². The van der Waals surface area contributed by atoms with Crippen LogP contribution in [0.25, 0.3) is 0 Å². The molecule has 0 amide bonds. The van der Waals surface area contributed by atoms with Crippen LogP contribution in [0.2, 0.25) is 0 Å². The Morgan fingerprint density at radius 3 is 2.17 bits per heavy atom. The van der Waals surface area contributed by atoms with E-state index in [2.05, 4.69) is 51.1 Å². The van der Waals surface area contributed by atoms with Crippen LogP contribution in [0.4, 0.5) is 0 Å². The minimum atomic E-state index is -0.0652. The molecule has 1 saturated carbocycles. The lowest BCUT2D eigenvalue weighted by atomic mass is 9.67. The fourth-order valence-electron chi connectivity index (χ4n) is 3.67. The molecule has 1 aliphatic carbocycles. The third-order valence-corrected chi connectivity index (χ3v) is 4.54. The summed E-state index contributed by atoms with van der Waals surface area (Å²) < 4.78 is 0. The van der Waals surface area contributed by atoms with Crippen molar-refractivity contribution in [2.24, 2.45) is 23.5 Å². The molecule has 100 valence electrons. The second-order valence-corrected chi connectivity index (χ2v) is 6.78. The molecule has 18 heavy (non-hydrogen) atoms. The van der Waals surface area contributed by atoms with Gasteiger partial charge in [-0.2, -0.15) is 0 Å². The number of hydrogen-bond donors (Lipinski definition) is 1. The molecule has 3 unspecified atom stereocenters. The Bertz CT molecular complexity index is 358. The third kappa shape index (κ3) is 3.35. The summed E-state index contributed by atoms with van der Waals surface area (Å²) in [6.07, 6.45) is 4.96. The van der Waals surface area contributed by atoms with Crippen molar-refractivity contribution in [3.63, 3.8) is 0 Å². The molecule has 0 bridgehead atoms. The fourth-order valence-corrected chi connectivity index (χ4v) is 3.67. The number of benzene rings is 1. The molecule has 3 atom stereocenters. The molecule has 2 N–H and O–H groups in total. The van der Waals surface area contributed by atoms with E-state index in [9.17, 15) is 0 Å². The molecule has 2 rings (SSSR count). The first-order valence-electron chi connectivity index (χ1n) is 7.30. The summed E-state index contributed by atoms with van der Waals surface area (Å²) in [7, 11) is 0. The van der Waals surface area contributed by atoms with E-state index in [0.717, 1.165) is 18.3 Å². The maximum Gasteiger partial charge on any atom is 0.0195 e. The SMILES string of the molecule is CC1CC(C)CC(C(C)(N)Cc2ccccc2)C1. The molecule has 0 heterocycles. The zero-order valence-electron chi connectivity index (χ0n) is 12.0. The van der Waals surface area contributed by atoms with E-state index in [-0.39, 0.29) is 5.54 Å². The van der Waals surface area contributed by atoms with Crippen molar-refractivity contribution in [2.45, 2.75) is 52.0 Å². The van der Waals surface area contributed by atoms with Crippen LogP contribution in [0.5, 0.6) is 0 Å². The fraction of sp³-hybridized carbons (Fsp3) is 0.647. The van der Waals surface area contributed by atoms with Gasteiger partial charge in [0.1, 0.15) is 0 Å². The van der Waals surface area contributed by atoms with Gasteiger partial charge in [0.15, 0.2) is 0 Å². The van der Waals surface area contributed by atoms with Crippen LogP contribution in [-0.2, 0) is 6.42 Å². The predicted octanol–water partition coefficient (Wildman–Crippen LogP) is 4.02. The molecule has 1 aromatic carbocycles. The number of rotatable bonds is 3. The summed E-state index contributed by atoms with van der Waals surface area (Å²) in [6, 6.07) is 10.7. The van der Waals surface area contributed by atoms with E-state index in [1.807, 2.05) is 0 Å². The van der Waals surface area contributed by atoms with E-state index < -0.39 is 0 Å². The number of hydrogen-bond acceptors (Lipinski definition) is 1. The van der Waals surface area contributed by atoms with Crippen molar-refractivity contribution in [1.82, 2.24) is 0 Å². The lowest BCUT2D eigenvalue weighted by Crippen LogP contribution is -2.48. The maximum absolute atomic E-state index is 6.65. The maximum atomic E-state index is 6.65. The first-order valence-corrected chi connectivity index (χ1v) is 7.30. The zero-order chi connectivity index (χ0) is 13.2. The van der Waals surface area contributed by atoms with Crippen LogP contribution in [0.3, 0.4) is 0 Å². The van der Waals surface area contributed by atoms with E-state index in [1.54, 1.807) is 0 Å². The summed E-state index contributed by atoms with van der Waals surface area (Å²) in [5.41, 5.74) is 7.95. The number of nitrogens with two attached hydrogens (primary N) is 1. The summed E-state index contributed by atoms with van der Waals surface area (Å²) in [5.74, 6) is 2.33. The standard InChI is InChI=1S/C17H27N/c1-13-9-14(2)11-16(10-13)17(3,18)12-15-7-5-4-6-8-15/h4-8,13-14,16H,9-12,18H2,1-3H3. The highest BCUT2D eigenvalue weighted by molar-refractivity contribution is 5.18. The minimum Gasteiger partial charge on any atom is -0.325 e. The van der Waals surface area contributed by atoms with Crippen LogP contribution >= 0.6 is 0 Å². The summed E-state index contributed by atoms with van der Waals surface area (Å²) in [5, 5.41) is 0. The second kappa shape index (κ2) is 5.44. The highest BCUT2D eigenvalue weighted by Gasteiger charge is 2.35.